The highest BCUT2D eigenvalue weighted by Gasteiger charge is 2.17. The van der Waals surface area contributed by atoms with Crippen LogP contribution in [0.2, 0.25) is 0 Å². The van der Waals surface area contributed by atoms with Crippen molar-refractivity contribution in [2.24, 2.45) is 0 Å². The van der Waals surface area contributed by atoms with E-state index in [4.69, 9.17) is 5.26 Å². The van der Waals surface area contributed by atoms with Crippen LogP contribution in [0.5, 0.6) is 0 Å². The Balaban J connectivity index is 1.94. The van der Waals surface area contributed by atoms with Gasteiger partial charge in [-0.3, -0.25) is 4.57 Å². The summed E-state index contributed by atoms with van der Waals surface area (Å²) in [5.41, 5.74) is 0.438. The molecule has 5 nitrogen and oxygen atoms in total. The number of fused-ring (bicyclic) bond motifs is 1. The van der Waals surface area contributed by atoms with Crippen LogP contribution in [0.15, 0.2) is 23.0 Å². The van der Waals surface area contributed by atoms with Crippen molar-refractivity contribution in [2.75, 3.05) is 0 Å². The quantitative estimate of drug-likeness (QED) is 0.831. The van der Waals surface area contributed by atoms with Crippen molar-refractivity contribution in [1.82, 2.24) is 14.3 Å². The van der Waals surface area contributed by atoms with Crippen LogP contribution < -0.4 is 5.69 Å². The first-order valence-electron chi connectivity index (χ1n) is 6.54. The van der Waals surface area contributed by atoms with Gasteiger partial charge in [0.2, 0.25) is 0 Å². The van der Waals surface area contributed by atoms with Crippen molar-refractivity contribution >= 4 is 0 Å². The number of aromatic nitrogens is 3. The average Bonchev–Trinajstić information content (AvgIpc) is 2.78. The number of benzene rings is 1. The van der Waals surface area contributed by atoms with Gasteiger partial charge in [0.05, 0.1) is 18.2 Å². The van der Waals surface area contributed by atoms with Gasteiger partial charge in [0.15, 0.2) is 0 Å². The summed E-state index contributed by atoms with van der Waals surface area (Å²) in [5.74, 6) is 0.289. The second-order valence-corrected chi connectivity index (χ2v) is 4.88. The summed E-state index contributed by atoms with van der Waals surface area (Å²) in [6.07, 6.45) is 2.80. The summed E-state index contributed by atoms with van der Waals surface area (Å²) in [6.45, 7) is 0.778. The Bertz CT molecular complexity index is 754. The zero-order valence-electron chi connectivity index (χ0n) is 10.8. The highest BCUT2D eigenvalue weighted by Crippen LogP contribution is 2.13. The number of nitriles is 1. The lowest BCUT2D eigenvalue weighted by Gasteiger charge is -2.09. The SMILES string of the molecule is N#Cc1ccc(Cn2nc3n(c2=O)CCCC3)c(F)c1. The average molecular weight is 272 g/mol. The first kappa shape index (κ1) is 12.6. The molecule has 0 aliphatic carbocycles. The number of rotatable bonds is 2. The molecule has 20 heavy (non-hydrogen) atoms. The fraction of sp³-hybridized carbons (Fsp3) is 0.357. The number of hydrogen-bond acceptors (Lipinski definition) is 3. The monoisotopic (exact) mass is 272 g/mol. The first-order valence-corrected chi connectivity index (χ1v) is 6.54. The normalized spacial score (nSPS) is 13.8. The molecule has 0 atom stereocenters. The Morgan fingerprint density at radius 2 is 2.25 bits per heavy atom. The molecule has 0 amide bonds. The summed E-state index contributed by atoms with van der Waals surface area (Å²) in [7, 11) is 0. The minimum Gasteiger partial charge on any atom is -0.279 e. The van der Waals surface area contributed by atoms with Gasteiger partial charge >= 0.3 is 5.69 Å². The largest absolute Gasteiger partial charge is 0.346 e. The Kier molecular flexibility index (Phi) is 3.11. The molecule has 1 aromatic carbocycles. The molecule has 0 fully saturated rings. The van der Waals surface area contributed by atoms with Gasteiger partial charge in [-0.2, -0.15) is 10.4 Å². The van der Waals surface area contributed by atoms with Gasteiger partial charge in [0.1, 0.15) is 11.6 Å². The van der Waals surface area contributed by atoms with Crippen LogP contribution in [0.3, 0.4) is 0 Å². The molecule has 1 aromatic heterocycles. The van der Waals surface area contributed by atoms with E-state index in [0.717, 1.165) is 25.1 Å². The third-order valence-electron chi connectivity index (χ3n) is 3.53. The van der Waals surface area contributed by atoms with E-state index in [1.165, 1.54) is 16.8 Å². The van der Waals surface area contributed by atoms with Gasteiger partial charge in [-0.25, -0.2) is 13.9 Å². The van der Waals surface area contributed by atoms with Crippen molar-refractivity contribution in [3.63, 3.8) is 0 Å². The molecule has 0 saturated carbocycles. The van der Waals surface area contributed by atoms with Crippen LogP contribution in [-0.4, -0.2) is 14.3 Å². The predicted molar refractivity (Wildman–Crippen MR) is 69.6 cm³/mol. The van der Waals surface area contributed by atoms with Gasteiger partial charge in [0, 0.05) is 18.5 Å². The fourth-order valence-corrected chi connectivity index (χ4v) is 2.46. The number of nitrogens with zero attached hydrogens (tertiary/aromatic N) is 4. The fourth-order valence-electron chi connectivity index (χ4n) is 2.46. The topological polar surface area (TPSA) is 63.6 Å². The summed E-state index contributed by atoms with van der Waals surface area (Å²) in [6, 6.07) is 6.13. The molecule has 0 bridgehead atoms. The van der Waals surface area contributed by atoms with Crippen molar-refractivity contribution in [3.05, 3.63) is 51.5 Å². The second-order valence-electron chi connectivity index (χ2n) is 4.88. The van der Waals surface area contributed by atoms with Crippen LogP contribution in [-0.2, 0) is 19.5 Å². The maximum atomic E-state index is 13.8. The van der Waals surface area contributed by atoms with Crippen LogP contribution >= 0.6 is 0 Å². The summed E-state index contributed by atoms with van der Waals surface area (Å²) >= 11 is 0. The van der Waals surface area contributed by atoms with Crippen LogP contribution in [0, 0.1) is 17.1 Å². The molecule has 0 N–H and O–H groups in total. The summed E-state index contributed by atoms with van der Waals surface area (Å²) < 4.78 is 16.8. The summed E-state index contributed by atoms with van der Waals surface area (Å²) in [5, 5.41) is 13.0. The van der Waals surface area contributed by atoms with Crippen molar-refractivity contribution in [1.29, 1.82) is 5.26 Å². The van der Waals surface area contributed by atoms with Gasteiger partial charge in [-0.15, -0.1) is 0 Å². The van der Waals surface area contributed by atoms with E-state index >= 15 is 0 Å². The van der Waals surface area contributed by atoms with E-state index in [0.29, 0.717) is 12.1 Å². The van der Waals surface area contributed by atoms with E-state index < -0.39 is 5.82 Å². The number of halogens is 1. The third kappa shape index (κ3) is 2.11. The molecule has 1 aliphatic heterocycles. The van der Waals surface area contributed by atoms with Gasteiger partial charge in [-0.1, -0.05) is 6.07 Å². The molecule has 0 saturated heterocycles. The van der Waals surface area contributed by atoms with Crippen molar-refractivity contribution < 1.29 is 4.39 Å². The minimum atomic E-state index is -0.484. The maximum absolute atomic E-state index is 13.8. The van der Waals surface area contributed by atoms with Gasteiger partial charge in [-0.05, 0) is 25.0 Å². The number of hydrogen-bond donors (Lipinski definition) is 0. The van der Waals surface area contributed by atoms with Gasteiger partial charge < -0.3 is 0 Å². The smallest absolute Gasteiger partial charge is 0.279 e. The molecule has 0 radical (unpaired) electrons. The first-order chi connectivity index (χ1) is 9.69. The van der Waals surface area contributed by atoms with E-state index in [2.05, 4.69) is 5.10 Å². The molecule has 2 heterocycles. The molecule has 3 rings (SSSR count). The molecule has 6 heteroatoms. The van der Waals surface area contributed by atoms with Gasteiger partial charge in [0.25, 0.3) is 0 Å². The second kappa shape index (κ2) is 4.93. The molecule has 102 valence electrons. The predicted octanol–water partition coefficient (Wildman–Crippen LogP) is 1.44. The minimum absolute atomic E-state index is 0.0936. The van der Waals surface area contributed by atoms with E-state index in [9.17, 15) is 9.18 Å². The Morgan fingerprint density at radius 1 is 1.40 bits per heavy atom. The molecule has 0 unspecified atom stereocenters. The van der Waals surface area contributed by atoms with Crippen LogP contribution in [0.1, 0.15) is 29.8 Å². The molecule has 0 spiro atoms. The zero-order valence-corrected chi connectivity index (χ0v) is 10.8. The third-order valence-corrected chi connectivity index (χ3v) is 3.53. The lowest BCUT2D eigenvalue weighted by atomic mass is 10.1. The van der Waals surface area contributed by atoms with E-state index in [-0.39, 0.29) is 17.8 Å². The van der Waals surface area contributed by atoms with Crippen LogP contribution in [0.4, 0.5) is 4.39 Å². The maximum Gasteiger partial charge on any atom is 0.346 e. The molecular weight excluding hydrogens is 259 g/mol. The molecule has 2 aromatic rings. The highest BCUT2D eigenvalue weighted by molar-refractivity contribution is 5.32. The zero-order chi connectivity index (χ0) is 14.1. The lowest BCUT2D eigenvalue weighted by molar-refractivity contribution is 0.511. The Morgan fingerprint density at radius 3 is 2.95 bits per heavy atom. The van der Waals surface area contributed by atoms with Crippen molar-refractivity contribution in [3.8, 4) is 6.07 Å². The summed E-state index contributed by atoms with van der Waals surface area (Å²) in [4.78, 5) is 12.1. The molecular formula is C14H13FN4O. The van der Waals surface area contributed by atoms with Crippen LogP contribution in [0.25, 0.3) is 0 Å². The van der Waals surface area contributed by atoms with E-state index in [1.807, 2.05) is 6.07 Å². The number of aryl methyl sites for hydroxylation is 1. The lowest BCUT2D eigenvalue weighted by Crippen LogP contribution is -2.27. The highest BCUT2D eigenvalue weighted by atomic mass is 19.1. The molecule has 1 aliphatic rings. The standard InChI is InChI=1S/C14H13FN4O/c15-12-7-10(8-16)4-5-11(12)9-19-14(20)18-6-2-1-3-13(18)17-19/h4-5,7H,1-3,6,9H2. The Hall–Kier alpha value is -2.42. The van der Waals surface area contributed by atoms with E-state index in [1.54, 1.807) is 10.6 Å². The van der Waals surface area contributed by atoms with Crippen molar-refractivity contribution in [2.45, 2.75) is 32.4 Å². The Labute approximate surface area is 114 Å².